The summed E-state index contributed by atoms with van der Waals surface area (Å²) in [4.78, 5) is 44.1. The molecular formula is C19H30N4O3. The second-order valence-electron chi connectivity index (χ2n) is 8.33. The molecule has 1 spiro atoms. The largest absolute Gasteiger partial charge is 0.340 e. The maximum Gasteiger partial charge on any atom is 0.325 e. The van der Waals surface area contributed by atoms with E-state index in [1.54, 1.807) is 0 Å². The zero-order valence-corrected chi connectivity index (χ0v) is 15.7. The van der Waals surface area contributed by atoms with Gasteiger partial charge in [-0.15, -0.1) is 0 Å². The summed E-state index contributed by atoms with van der Waals surface area (Å²) in [7, 11) is 0. The van der Waals surface area contributed by atoms with Crippen molar-refractivity contribution in [2.45, 2.75) is 63.5 Å². The Hall–Kier alpha value is -1.63. The first-order valence-electron chi connectivity index (χ1n) is 10.2. The van der Waals surface area contributed by atoms with Crippen LogP contribution in [0.2, 0.25) is 0 Å². The Morgan fingerprint density at radius 3 is 2.46 bits per heavy atom. The van der Waals surface area contributed by atoms with Crippen LogP contribution in [0.4, 0.5) is 4.79 Å². The third-order valence-electron chi connectivity index (χ3n) is 6.88. The van der Waals surface area contributed by atoms with Crippen molar-refractivity contribution in [3.05, 3.63) is 0 Å². The number of carbonyl (C=O) groups is 3. The molecule has 144 valence electrons. The number of hydrogen-bond donors (Lipinski definition) is 1. The smallest absolute Gasteiger partial charge is 0.325 e. The third-order valence-corrected chi connectivity index (χ3v) is 6.88. The molecule has 0 aromatic heterocycles. The van der Waals surface area contributed by atoms with Crippen LogP contribution >= 0.6 is 0 Å². The Kier molecular flexibility index (Phi) is 4.67. The van der Waals surface area contributed by atoms with Crippen molar-refractivity contribution in [1.29, 1.82) is 0 Å². The number of hydrogen-bond acceptors (Lipinski definition) is 4. The van der Waals surface area contributed by atoms with Gasteiger partial charge >= 0.3 is 6.03 Å². The van der Waals surface area contributed by atoms with E-state index in [-0.39, 0.29) is 29.8 Å². The molecular weight excluding hydrogens is 332 g/mol. The molecule has 0 aromatic rings. The van der Waals surface area contributed by atoms with E-state index in [9.17, 15) is 14.4 Å². The summed E-state index contributed by atoms with van der Waals surface area (Å²) in [6.45, 7) is 6.04. The molecule has 1 atom stereocenters. The van der Waals surface area contributed by atoms with Gasteiger partial charge in [0.25, 0.3) is 5.91 Å². The standard InChI is InChI=1S/C19H30N4O3/c1-2-21-11-8-19(9-12-21)17(25)23(18(26)20-19)15-7-4-10-22(13-15)16(24)14-5-3-6-14/h14-15H,2-13H2,1H3,(H,20,26)/t15-/m0/s1. The van der Waals surface area contributed by atoms with Crippen molar-refractivity contribution in [3.63, 3.8) is 0 Å². The van der Waals surface area contributed by atoms with Crippen molar-refractivity contribution in [2.24, 2.45) is 5.92 Å². The molecule has 4 fully saturated rings. The second-order valence-corrected chi connectivity index (χ2v) is 8.33. The Labute approximate surface area is 155 Å². The average molecular weight is 362 g/mol. The van der Waals surface area contributed by atoms with E-state index < -0.39 is 5.54 Å². The molecule has 1 aliphatic carbocycles. The predicted octanol–water partition coefficient (Wildman–Crippen LogP) is 1.18. The summed E-state index contributed by atoms with van der Waals surface area (Å²) in [6, 6.07) is -0.438. The maximum absolute atomic E-state index is 13.2. The fraction of sp³-hybridized carbons (Fsp3) is 0.842. The van der Waals surface area contributed by atoms with Gasteiger partial charge in [-0.25, -0.2) is 4.79 Å². The summed E-state index contributed by atoms with van der Waals surface area (Å²) in [5, 5.41) is 3.01. The molecule has 3 aliphatic heterocycles. The first-order chi connectivity index (χ1) is 12.5. The van der Waals surface area contributed by atoms with E-state index in [4.69, 9.17) is 0 Å². The fourth-order valence-electron chi connectivity index (χ4n) is 4.84. The second kappa shape index (κ2) is 6.83. The van der Waals surface area contributed by atoms with Gasteiger partial charge in [0, 0.05) is 32.1 Å². The topological polar surface area (TPSA) is 73.0 Å². The lowest BCUT2D eigenvalue weighted by atomic mass is 9.83. The molecule has 0 bridgehead atoms. The van der Waals surface area contributed by atoms with Gasteiger partial charge in [-0.3, -0.25) is 14.5 Å². The number of imide groups is 1. The first-order valence-corrected chi connectivity index (χ1v) is 10.2. The van der Waals surface area contributed by atoms with Crippen LogP contribution in [0, 0.1) is 5.92 Å². The van der Waals surface area contributed by atoms with Gasteiger partial charge in [0.1, 0.15) is 5.54 Å². The summed E-state index contributed by atoms with van der Waals surface area (Å²) >= 11 is 0. The minimum absolute atomic E-state index is 0.0683. The molecule has 4 rings (SSSR count). The molecule has 26 heavy (non-hydrogen) atoms. The number of rotatable bonds is 3. The fourth-order valence-corrected chi connectivity index (χ4v) is 4.84. The number of nitrogens with one attached hydrogen (secondary N) is 1. The van der Waals surface area contributed by atoms with Crippen molar-refractivity contribution in [1.82, 2.24) is 20.0 Å². The SMILES string of the molecule is CCN1CCC2(CC1)NC(=O)N([C@H]1CCCN(C(=O)C3CCC3)C1)C2=O. The van der Waals surface area contributed by atoms with Crippen molar-refractivity contribution in [3.8, 4) is 0 Å². The first kappa shape index (κ1) is 17.8. The maximum atomic E-state index is 13.2. The number of carbonyl (C=O) groups excluding carboxylic acids is 3. The highest BCUT2D eigenvalue weighted by Gasteiger charge is 2.54. The van der Waals surface area contributed by atoms with E-state index in [1.165, 1.54) is 4.90 Å². The summed E-state index contributed by atoms with van der Waals surface area (Å²) in [6.07, 6.45) is 6.12. The van der Waals surface area contributed by atoms with Gasteiger partial charge < -0.3 is 15.1 Å². The van der Waals surface area contributed by atoms with Crippen molar-refractivity contribution < 1.29 is 14.4 Å². The van der Waals surface area contributed by atoms with Gasteiger partial charge in [0.15, 0.2) is 0 Å². The molecule has 3 heterocycles. The number of piperidine rings is 2. The van der Waals surface area contributed by atoms with Crippen LogP contribution in [0.1, 0.15) is 51.9 Å². The highest BCUT2D eigenvalue weighted by Crippen LogP contribution is 2.33. The van der Waals surface area contributed by atoms with Crippen LogP contribution in [-0.2, 0) is 9.59 Å². The quantitative estimate of drug-likeness (QED) is 0.766. The van der Waals surface area contributed by atoms with Gasteiger partial charge in [0.05, 0.1) is 6.04 Å². The highest BCUT2D eigenvalue weighted by molar-refractivity contribution is 6.07. The zero-order chi connectivity index (χ0) is 18.3. The van der Waals surface area contributed by atoms with Crippen LogP contribution in [0.5, 0.6) is 0 Å². The van der Waals surface area contributed by atoms with Crippen molar-refractivity contribution >= 4 is 17.8 Å². The number of likely N-dealkylation sites (tertiary alicyclic amines) is 2. The number of nitrogens with zero attached hydrogens (tertiary/aromatic N) is 3. The van der Waals surface area contributed by atoms with Crippen LogP contribution < -0.4 is 5.32 Å². The highest BCUT2D eigenvalue weighted by atomic mass is 16.2. The number of amides is 4. The van der Waals surface area contributed by atoms with Crippen LogP contribution in [0.25, 0.3) is 0 Å². The normalized spacial score (nSPS) is 29.8. The van der Waals surface area contributed by atoms with E-state index in [1.807, 2.05) is 4.90 Å². The summed E-state index contributed by atoms with van der Waals surface area (Å²) in [5.41, 5.74) is -0.719. The monoisotopic (exact) mass is 362 g/mol. The average Bonchev–Trinajstić information content (AvgIpc) is 2.84. The van der Waals surface area contributed by atoms with Crippen LogP contribution in [0.3, 0.4) is 0 Å². The molecule has 4 aliphatic rings. The van der Waals surface area contributed by atoms with Crippen LogP contribution in [0.15, 0.2) is 0 Å². The molecule has 0 unspecified atom stereocenters. The van der Waals surface area contributed by atoms with Gasteiger partial charge in [-0.2, -0.15) is 0 Å². The van der Waals surface area contributed by atoms with Gasteiger partial charge in [0.2, 0.25) is 5.91 Å². The summed E-state index contributed by atoms with van der Waals surface area (Å²) < 4.78 is 0. The van der Waals surface area contributed by atoms with Crippen molar-refractivity contribution in [2.75, 3.05) is 32.7 Å². The Morgan fingerprint density at radius 1 is 1.12 bits per heavy atom. The zero-order valence-electron chi connectivity index (χ0n) is 15.7. The van der Waals surface area contributed by atoms with E-state index in [0.29, 0.717) is 19.4 Å². The third kappa shape index (κ3) is 2.90. The molecule has 1 N–H and O–H groups in total. The lowest BCUT2D eigenvalue weighted by Crippen LogP contribution is -2.56. The molecule has 3 saturated heterocycles. The van der Waals surface area contributed by atoms with E-state index in [2.05, 4.69) is 17.1 Å². The van der Waals surface area contributed by atoms with Gasteiger partial charge in [-0.05, 0) is 45.1 Å². The van der Waals surface area contributed by atoms with Crippen LogP contribution in [-0.4, -0.2) is 76.8 Å². The van der Waals surface area contributed by atoms with E-state index >= 15 is 0 Å². The lowest BCUT2D eigenvalue weighted by Gasteiger charge is -2.40. The molecule has 7 nitrogen and oxygen atoms in total. The molecule has 0 aromatic carbocycles. The lowest BCUT2D eigenvalue weighted by molar-refractivity contribution is -0.143. The Balaban J connectivity index is 1.44. The van der Waals surface area contributed by atoms with Gasteiger partial charge in [-0.1, -0.05) is 13.3 Å². The summed E-state index contributed by atoms with van der Waals surface area (Å²) in [5.74, 6) is 0.321. The molecule has 0 radical (unpaired) electrons. The molecule has 7 heteroatoms. The minimum Gasteiger partial charge on any atom is -0.340 e. The Bertz CT molecular complexity index is 596. The number of urea groups is 1. The predicted molar refractivity (Wildman–Crippen MR) is 96.4 cm³/mol. The molecule has 1 saturated carbocycles. The minimum atomic E-state index is -0.719. The molecule has 4 amide bonds. The van der Waals surface area contributed by atoms with E-state index in [0.717, 1.165) is 58.3 Å². The Morgan fingerprint density at radius 2 is 1.85 bits per heavy atom.